The SMILES string of the molecule is Cc1ccc(C2=NC(=O)c3c(-c4ccc(CF)cc4)[nH]c(O)c32)cc1.Cc1ccc(C2=NC(=O)c3c(-c4ccccc4)[nH]c(O)c32)cc1.F.O=C1N=C(c2ccc(F)c(F)c2)c2c(O)[nH]c(-c3cc(F)c(F)c(F)c3)c21.O=C1N=C(c2cccc(CCl)c2)c2c(O)[nH]c(-c3cc(F)c(F)c(F)c3)c21. The fraction of sp³-hybridized carbons (Fsp3) is 0.0526. The molecule has 4 aliphatic heterocycles. The summed E-state index contributed by atoms with van der Waals surface area (Å²) in [6.07, 6.45) is 0. The van der Waals surface area contributed by atoms with Crippen molar-refractivity contribution < 1.29 is 83.8 Å². The first kappa shape index (κ1) is 69.9. The summed E-state index contributed by atoms with van der Waals surface area (Å²) >= 11 is 5.83. The van der Waals surface area contributed by atoms with Crippen LogP contribution in [0.1, 0.15) is 108 Å². The average Bonchev–Trinajstić information content (AvgIpc) is 1.61. The van der Waals surface area contributed by atoms with E-state index in [4.69, 9.17) is 11.6 Å². The maximum absolute atomic E-state index is 13.6. The third kappa shape index (κ3) is 13.0. The number of hydrogen-bond acceptors (Lipinski definition) is 8. The fourth-order valence-electron chi connectivity index (χ4n) is 11.9. The van der Waals surface area contributed by atoms with Gasteiger partial charge in [-0.05, 0) is 84.6 Å². The molecule has 0 atom stereocenters. The maximum atomic E-state index is 13.6. The number of hydrogen-bond donors (Lipinski definition) is 8. The van der Waals surface area contributed by atoms with Crippen LogP contribution in [0.3, 0.4) is 0 Å². The van der Waals surface area contributed by atoms with Crippen LogP contribution in [-0.2, 0) is 12.6 Å². The van der Waals surface area contributed by atoms with Gasteiger partial charge in [0.2, 0.25) is 0 Å². The lowest BCUT2D eigenvalue weighted by Gasteiger charge is -2.03. The van der Waals surface area contributed by atoms with Crippen LogP contribution < -0.4 is 0 Å². The largest absolute Gasteiger partial charge is 0.494 e. The number of H-pyrrole nitrogens is 4. The van der Waals surface area contributed by atoms with E-state index in [9.17, 15) is 79.1 Å². The number of alkyl halides is 2. The quantitative estimate of drug-likeness (QED) is 0.0370. The highest BCUT2D eigenvalue weighted by Crippen LogP contribution is 2.43. The zero-order valence-corrected chi connectivity index (χ0v) is 53.7. The molecule has 4 aromatic heterocycles. The first-order valence-corrected chi connectivity index (χ1v) is 31.0. The van der Waals surface area contributed by atoms with Crippen molar-refractivity contribution in [2.24, 2.45) is 20.0 Å². The number of aliphatic imine (C=N–C) groups is 4. The Labute approximate surface area is 579 Å². The Hall–Kier alpha value is -13.0. The third-order valence-corrected chi connectivity index (χ3v) is 17.1. The standard InChI is InChI=1S/C20H15FN2O2.C19H10ClF3N2O2.C19H14N2O2.C18H7F5N2O2.FH/c1-11-2-6-13(7-3-11)17-15-16(20(25)22-17)18(23-19(15)24)14-8-4-12(10-21)5-9-14;20-7-8-2-1-3-9(4-8)16-13-14(19(27)24-16)17(25-18(13)26)10-5-11(21)15(23)12(22)6-10;1-11-7-9-13(10-8-11)17-15-14(18(22)21-17)16(20-19(15)23)12-5-3-2-4-6-12;19-8-2-1-6(3-9(8)20)15-12-13(18(27)24-15)16(25-17(12)26)7-4-10(21)14(23)11(22)5-7;/h2-9,23-24H,10H2,1H3;1-6,25-26H,7H2;2-10,20,23H,1H3;1-5,25-26H;1H. The molecule has 0 bridgehead atoms. The van der Waals surface area contributed by atoms with Gasteiger partial charge in [0.05, 0.1) is 90.1 Å². The Bertz CT molecular complexity index is 5580. The van der Waals surface area contributed by atoms with Crippen LogP contribution in [0.2, 0.25) is 0 Å². The summed E-state index contributed by atoms with van der Waals surface area (Å²) in [5.74, 6) is -14.5. The van der Waals surface area contributed by atoms with Crippen molar-refractivity contribution >= 4 is 58.1 Å². The zero-order valence-electron chi connectivity index (χ0n) is 53.0. The molecule has 0 fully saturated rings. The minimum Gasteiger partial charge on any atom is -0.494 e. The number of aromatic hydroxyl groups is 4. The van der Waals surface area contributed by atoms with Crippen LogP contribution in [0.15, 0.2) is 190 Å². The van der Waals surface area contributed by atoms with E-state index >= 15 is 0 Å². The van der Waals surface area contributed by atoms with E-state index in [-0.39, 0.29) is 95.9 Å². The molecule has 27 heteroatoms. The van der Waals surface area contributed by atoms with Gasteiger partial charge in [-0.2, -0.15) is 0 Å². The minimum absolute atomic E-state index is 0. The molecule has 8 heterocycles. The summed E-state index contributed by atoms with van der Waals surface area (Å²) in [4.78, 5) is 76.3. The summed E-state index contributed by atoms with van der Waals surface area (Å²) in [5, 5.41) is 41.2. The second-order valence-electron chi connectivity index (χ2n) is 23.4. The predicted molar refractivity (Wildman–Crippen MR) is 363 cm³/mol. The van der Waals surface area contributed by atoms with Crippen molar-refractivity contribution in [3.8, 4) is 68.5 Å². The van der Waals surface area contributed by atoms with E-state index in [1.807, 2.05) is 92.7 Å². The Morgan fingerprint density at radius 1 is 0.330 bits per heavy atom. The van der Waals surface area contributed by atoms with Gasteiger partial charge in [-0.25, -0.2) is 59.5 Å². The highest BCUT2D eigenvalue weighted by molar-refractivity contribution is 6.33. The number of rotatable bonds is 10. The number of aromatic amines is 4. The maximum Gasteiger partial charge on any atom is 0.280 e. The fourth-order valence-corrected chi connectivity index (χ4v) is 12.1. The van der Waals surface area contributed by atoms with Crippen LogP contribution in [0.25, 0.3) is 45.0 Å². The van der Waals surface area contributed by atoms with Crippen LogP contribution in [0.5, 0.6) is 23.5 Å². The number of halogens is 11. The van der Waals surface area contributed by atoms with Crippen molar-refractivity contribution in [1.29, 1.82) is 0 Å². The lowest BCUT2D eigenvalue weighted by Crippen LogP contribution is -2.01. The molecule has 0 unspecified atom stereocenters. The zero-order chi connectivity index (χ0) is 72.3. The lowest BCUT2D eigenvalue weighted by molar-refractivity contribution is 0.0998. The number of carbonyl (C=O) groups excluding carboxylic acids is 4. The topological polar surface area (TPSA) is 262 Å². The summed E-state index contributed by atoms with van der Waals surface area (Å²) < 4.78 is 120. The molecule has 0 aliphatic carbocycles. The van der Waals surface area contributed by atoms with Gasteiger partial charge in [0.25, 0.3) is 23.6 Å². The minimum atomic E-state index is -1.68. The molecule has 0 saturated carbocycles. The Balaban J connectivity index is 0.000000129. The molecule has 0 spiro atoms. The number of aromatic nitrogens is 4. The number of aryl methyl sites for hydroxylation is 2. The molecular formula is C76H47ClF10N8O8. The number of fused-ring (bicyclic) bond motifs is 4. The van der Waals surface area contributed by atoms with Gasteiger partial charge in [0.15, 0.2) is 70.1 Å². The van der Waals surface area contributed by atoms with E-state index in [0.29, 0.717) is 73.9 Å². The van der Waals surface area contributed by atoms with Crippen LogP contribution in [-0.4, -0.2) is 86.8 Å². The van der Waals surface area contributed by atoms with Gasteiger partial charge in [0.1, 0.15) is 6.67 Å². The molecule has 8 aromatic carbocycles. The van der Waals surface area contributed by atoms with E-state index in [1.54, 1.807) is 48.5 Å². The van der Waals surface area contributed by atoms with Crippen molar-refractivity contribution in [2.45, 2.75) is 26.4 Å². The summed E-state index contributed by atoms with van der Waals surface area (Å²) in [6, 6.07) is 44.0. The van der Waals surface area contributed by atoms with Crippen LogP contribution in [0.4, 0.5) is 44.2 Å². The smallest absolute Gasteiger partial charge is 0.280 e. The summed E-state index contributed by atoms with van der Waals surface area (Å²) in [7, 11) is 0. The lowest BCUT2D eigenvalue weighted by atomic mass is 9.99. The molecule has 0 saturated heterocycles. The molecule has 0 radical (unpaired) electrons. The molecule has 8 N–H and O–H groups in total. The molecule has 4 amide bonds. The van der Waals surface area contributed by atoms with Crippen LogP contribution in [0, 0.1) is 60.4 Å². The van der Waals surface area contributed by atoms with Crippen molar-refractivity contribution in [2.75, 3.05) is 0 Å². The first-order valence-electron chi connectivity index (χ1n) is 30.5. The number of carbonyl (C=O) groups is 4. The van der Waals surface area contributed by atoms with Gasteiger partial charge >= 0.3 is 0 Å². The monoisotopic (exact) mass is 1420 g/mol. The normalized spacial score (nSPS) is 12.9. The molecule has 16 nitrogen and oxygen atoms in total. The van der Waals surface area contributed by atoms with Crippen molar-refractivity contribution in [3.63, 3.8) is 0 Å². The van der Waals surface area contributed by atoms with Gasteiger partial charge in [-0.15, -0.1) is 11.6 Å². The van der Waals surface area contributed by atoms with Crippen molar-refractivity contribution in [1.82, 2.24) is 19.9 Å². The van der Waals surface area contributed by atoms with Gasteiger partial charge < -0.3 is 40.4 Å². The number of nitrogens with one attached hydrogen (secondary N) is 4. The second kappa shape index (κ2) is 28.0. The van der Waals surface area contributed by atoms with Gasteiger partial charge in [-0.1, -0.05) is 132 Å². The van der Waals surface area contributed by atoms with E-state index < -0.39 is 76.8 Å². The third-order valence-electron chi connectivity index (χ3n) is 16.8. The molecular weight excluding hydrogens is 1380 g/mol. The average molecular weight is 1430 g/mol. The van der Waals surface area contributed by atoms with Gasteiger partial charge in [-0.3, -0.25) is 23.9 Å². The highest BCUT2D eigenvalue weighted by Gasteiger charge is 2.38. The Morgan fingerprint density at radius 3 is 1.00 bits per heavy atom. The highest BCUT2D eigenvalue weighted by atomic mass is 35.5. The number of benzene rings is 8. The Kier molecular flexibility index (Phi) is 19.0. The van der Waals surface area contributed by atoms with Crippen LogP contribution >= 0.6 is 11.6 Å². The van der Waals surface area contributed by atoms with Gasteiger partial charge in [0, 0.05) is 39.3 Å². The first-order chi connectivity index (χ1) is 48.9. The Morgan fingerprint density at radius 2 is 0.641 bits per heavy atom. The molecule has 103 heavy (non-hydrogen) atoms. The summed E-state index contributed by atoms with van der Waals surface area (Å²) in [6.45, 7) is 3.43. The second-order valence-corrected chi connectivity index (χ2v) is 23.6. The van der Waals surface area contributed by atoms with E-state index in [0.717, 1.165) is 63.7 Å². The molecule has 4 aliphatic rings. The number of nitrogens with zero attached hydrogens (tertiary/aromatic N) is 4. The molecule has 516 valence electrons. The predicted octanol–water partition coefficient (Wildman–Crippen LogP) is 16.6. The summed E-state index contributed by atoms with van der Waals surface area (Å²) in [5.41, 5.74) is 10.2. The number of amides is 4. The molecule has 16 rings (SSSR count). The molecule has 12 aromatic rings. The van der Waals surface area contributed by atoms with Crippen molar-refractivity contribution in [3.05, 3.63) is 305 Å². The van der Waals surface area contributed by atoms with E-state index in [2.05, 4.69) is 39.9 Å². The van der Waals surface area contributed by atoms with E-state index in [1.165, 1.54) is 0 Å².